The van der Waals surface area contributed by atoms with E-state index in [1.807, 2.05) is 12.1 Å². The monoisotopic (exact) mass is 371 g/mol. The Balaban J connectivity index is 1.78. The number of fused-ring (bicyclic) bond motifs is 2. The molecule has 4 aromatic heterocycles. The van der Waals surface area contributed by atoms with Gasteiger partial charge in [0.2, 0.25) is 0 Å². The number of hydrogen-bond acceptors (Lipinski definition) is 5. The van der Waals surface area contributed by atoms with Crippen LogP contribution in [0.4, 0.5) is 0 Å². The van der Waals surface area contributed by atoms with Crippen LogP contribution in [-0.2, 0) is 13.6 Å². The lowest BCUT2D eigenvalue weighted by Gasteiger charge is -2.09. The van der Waals surface area contributed by atoms with Gasteiger partial charge in [0, 0.05) is 58.8 Å². The van der Waals surface area contributed by atoms with Crippen molar-refractivity contribution in [3.05, 3.63) is 66.2 Å². The van der Waals surface area contributed by atoms with Crippen LogP contribution in [0.5, 0.6) is 0 Å². The standard InChI is InChI=1S/C21H17N5S/c1-26-8-6-14-9-13(4-5-18(14)26)16-11-27-21-19(16)20(24-12-25-21)15-3-2-7-23-17(15)10-22/h2-9,11-12H,10,22H2,1H3. The Bertz CT molecular complexity index is 1280. The summed E-state index contributed by atoms with van der Waals surface area (Å²) in [5.41, 5.74) is 12.1. The van der Waals surface area contributed by atoms with Crippen LogP contribution in [0.25, 0.3) is 43.5 Å². The summed E-state index contributed by atoms with van der Waals surface area (Å²) in [6, 6.07) is 12.6. The van der Waals surface area contributed by atoms with Crippen molar-refractivity contribution in [2.24, 2.45) is 12.8 Å². The number of thiophene rings is 1. The molecule has 6 heteroatoms. The predicted molar refractivity (Wildman–Crippen MR) is 110 cm³/mol. The highest BCUT2D eigenvalue weighted by atomic mass is 32.1. The summed E-state index contributed by atoms with van der Waals surface area (Å²) in [6.07, 6.45) is 5.46. The first-order valence-electron chi connectivity index (χ1n) is 8.68. The molecule has 27 heavy (non-hydrogen) atoms. The maximum atomic E-state index is 5.92. The highest BCUT2D eigenvalue weighted by Crippen LogP contribution is 2.39. The third kappa shape index (κ3) is 2.53. The van der Waals surface area contributed by atoms with Gasteiger partial charge in [-0.05, 0) is 35.9 Å². The number of hydrogen-bond donors (Lipinski definition) is 1. The zero-order valence-corrected chi connectivity index (χ0v) is 15.6. The van der Waals surface area contributed by atoms with Crippen LogP contribution in [0.3, 0.4) is 0 Å². The van der Waals surface area contributed by atoms with Crippen molar-refractivity contribution >= 4 is 32.5 Å². The molecule has 5 nitrogen and oxygen atoms in total. The Morgan fingerprint density at radius 2 is 2.00 bits per heavy atom. The van der Waals surface area contributed by atoms with Gasteiger partial charge in [0.1, 0.15) is 11.2 Å². The molecule has 2 N–H and O–H groups in total. The second-order valence-electron chi connectivity index (χ2n) is 6.45. The van der Waals surface area contributed by atoms with Crippen LogP contribution in [0, 0.1) is 0 Å². The van der Waals surface area contributed by atoms with Crippen molar-refractivity contribution in [1.29, 1.82) is 0 Å². The van der Waals surface area contributed by atoms with Crippen molar-refractivity contribution in [3.63, 3.8) is 0 Å². The highest BCUT2D eigenvalue weighted by molar-refractivity contribution is 7.17. The lowest BCUT2D eigenvalue weighted by Crippen LogP contribution is -2.02. The molecule has 1 aromatic carbocycles. The molecule has 0 aliphatic heterocycles. The Morgan fingerprint density at radius 1 is 1.07 bits per heavy atom. The summed E-state index contributed by atoms with van der Waals surface area (Å²) < 4.78 is 2.13. The number of benzene rings is 1. The van der Waals surface area contributed by atoms with E-state index < -0.39 is 0 Å². The molecule has 0 saturated carbocycles. The first kappa shape index (κ1) is 16.1. The third-order valence-electron chi connectivity index (χ3n) is 4.91. The van der Waals surface area contributed by atoms with Gasteiger partial charge in [-0.3, -0.25) is 4.98 Å². The Hall–Kier alpha value is -3.09. The molecule has 0 bridgehead atoms. The number of aryl methyl sites for hydroxylation is 1. The van der Waals surface area contributed by atoms with E-state index in [-0.39, 0.29) is 0 Å². The molecule has 0 unspecified atom stereocenters. The fourth-order valence-corrected chi connectivity index (χ4v) is 4.47. The third-order valence-corrected chi connectivity index (χ3v) is 5.79. The summed E-state index contributed by atoms with van der Waals surface area (Å²) in [5, 5.41) is 4.43. The first-order chi connectivity index (χ1) is 13.3. The minimum atomic E-state index is 0.372. The number of nitrogens with two attached hydrogens (primary N) is 1. The number of nitrogens with zero attached hydrogens (tertiary/aromatic N) is 4. The minimum Gasteiger partial charge on any atom is -0.351 e. The zero-order chi connectivity index (χ0) is 18.4. The largest absolute Gasteiger partial charge is 0.351 e. The van der Waals surface area contributed by atoms with Crippen LogP contribution in [0.15, 0.2) is 60.5 Å². The van der Waals surface area contributed by atoms with Crippen molar-refractivity contribution in [2.75, 3.05) is 0 Å². The molecular formula is C21H17N5S. The topological polar surface area (TPSA) is 69.6 Å². The predicted octanol–water partition coefficient (Wildman–Crippen LogP) is 4.37. The van der Waals surface area contributed by atoms with Crippen molar-refractivity contribution in [3.8, 4) is 22.4 Å². The second kappa shape index (κ2) is 6.26. The molecule has 0 fully saturated rings. The van der Waals surface area contributed by atoms with E-state index in [1.54, 1.807) is 23.9 Å². The van der Waals surface area contributed by atoms with E-state index >= 15 is 0 Å². The maximum Gasteiger partial charge on any atom is 0.127 e. The lowest BCUT2D eigenvalue weighted by atomic mass is 10.00. The summed E-state index contributed by atoms with van der Waals surface area (Å²) in [7, 11) is 2.06. The number of aromatic nitrogens is 4. The SMILES string of the molecule is Cn1ccc2cc(-c3csc4ncnc(-c5cccnc5CN)c34)ccc21. The summed E-state index contributed by atoms with van der Waals surface area (Å²) in [5.74, 6) is 0. The molecular weight excluding hydrogens is 354 g/mol. The van der Waals surface area contributed by atoms with Crippen molar-refractivity contribution < 1.29 is 0 Å². The fraction of sp³-hybridized carbons (Fsp3) is 0.0952. The van der Waals surface area contributed by atoms with E-state index in [4.69, 9.17) is 5.73 Å². The number of pyridine rings is 1. The Labute approximate surface area is 160 Å². The van der Waals surface area contributed by atoms with Gasteiger partial charge in [-0.25, -0.2) is 9.97 Å². The second-order valence-corrected chi connectivity index (χ2v) is 7.31. The van der Waals surface area contributed by atoms with Gasteiger partial charge < -0.3 is 10.3 Å². The summed E-state index contributed by atoms with van der Waals surface area (Å²) in [4.78, 5) is 14.5. The average molecular weight is 371 g/mol. The molecule has 5 rings (SSSR count). The van der Waals surface area contributed by atoms with Crippen LogP contribution >= 0.6 is 11.3 Å². The fourth-order valence-electron chi connectivity index (χ4n) is 3.56. The van der Waals surface area contributed by atoms with Gasteiger partial charge >= 0.3 is 0 Å². The van der Waals surface area contributed by atoms with Crippen molar-refractivity contribution in [1.82, 2.24) is 19.5 Å². The van der Waals surface area contributed by atoms with Gasteiger partial charge in [-0.1, -0.05) is 6.07 Å². The molecule has 5 aromatic rings. The van der Waals surface area contributed by atoms with E-state index in [0.29, 0.717) is 6.54 Å². The van der Waals surface area contributed by atoms with Crippen LogP contribution in [-0.4, -0.2) is 19.5 Å². The van der Waals surface area contributed by atoms with Gasteiger partial charge in [0.15, 0.2) is 0 Å². The van der Waals surface area contributed by atoms with E-state index in [1.165, 1.54) is 10.9 Å². The smallest absolute Gasteiger partial charge is 0.127 e. The molecule has 0 spiro atoms. The molecule has 0 aliphatic rings. The molecule has 132 valence electrons. The van der Waals surface area contributed by atoms with E-state index in [0.717, 1.165) is 38.3 Å². The normalized spacial score (nSPS) is 11.5. The quantitative estimate of drug-likeness (QED) is 0.511. The van der Waals surface area contributed by atoms with E-state index in [2.05, 4.69) is 62.4 Å². The molecule has 4 heterocycles. The molecule has 0 saturated heterocycles. The van der Waals surface area contributed by atoms with Gasteiger partial charge in [-0.2, -0.15) is 0 Å². The van der Waals surface area contributed by atoms with Crippen LogP contribution in [0.2, 0.25) is 0 Å². The summed E-state index contributed by atoms with van der Waals surface area (Å²) >= 11 is 1.63. The first-order valence-corrected chi connectivity index (χ1v) is 9.56. The van der Waals surface area contributed by atoms with Gasteiger partial charge in [-0.15, -0.1) is 11.3 Å². The van der Waals surface area contributed by atoms with E-state index in [9.17, 15) is 0 Å². The van der Waals surface area contributed by atoms with Crippen molar-refractivity contribution in [2.45, 2.75) is 6.54 Å². The summed E-state index contributed by atoms with van der Waals surface area (Å²) in [6.45, 7) is 0.372. The highest BCUT2D eigenvalue weighted by Gasteiger charge is 2.17. The maximum absolute atomic E-state index is 5.92. The lowest BCUT2D eigenvalue weighted by molar-refractivity contribution is 0.969. The Kier molecular flexibility index (Phi) is 3.74. The minimum absolute atomic E-state index is 0.372. The Morgan fingerprint density at radius 3 is 2.89 bits per heavy atom. The average Bonchev–Trinajstić information content (AvgIpc) is 3.31. The molecule has 0 radical (unpaired) electrons. The molecule has 0 aliphatic carbocycles. The number of rotatable bonds is 3. The van der Waals surface area contributed by atoms with Crippen LogP contribution in [0.1, 0.15) is 5.69 Å². The zero-order valence-electron chi connectivity index (χ0n) is 14.8. The van der Waals surface area contributed by atoms with Crippen LogP contribution < -0.4 is 5.73 Å². The molecule has 0 atom stereocenters. The van der Waals surface area contributed by atoms with Gasteiger partial charge in [0.05, 0.1) is 11.4 Å². The van der Waals surface area contributed by atoms with Gasteiger partial charge in [0.25, 0.3) is 0 Å². The molecule has 0 amide bonds.